The Hall–Kier alpha value is -2.24. The molecule has 6 heteroatoms. The summed E-state index contributed by atoms with van der Waals surface area (Å²) in [5, 5.41) is 19.5. The van der Waals surface area contributed by atoms with Gasteiger partial charge in [0, 0.05) is 0 Å². The Morgan fingerprint density at radius 1 is 0.571 bits per heavy atom. The molecule has 6 nitrogen and oxygen atoms in total. The highest BCUT2D eigenvalue weighted by molar-refractivity contribution is 5.97. The summed E-state index contributed by atoms with van der Waals surface area (Å²) in [7, 11) is 0. The monoisotopic (exact) mass is 590 g/mol. The summed E-state index contributed by atoms with van der Waals surface area (Å²) in [5.74, 6) is -2.13. The van der Waals surface area contributed by atoms with E-state index in [1.54, 1.807) is 0 Å². The van der Waals surface area contributed by atoms with Gasteiger partial charge in [-0.25, -0.2) is 9.59 Å². The van der Waals surface area contributed by atoms with Crippen LogP contribution in [0.5, 0.6) is 11.5 Å². The number of unbranched alkanes of at least 4 members (excludes halogenated alkanes) is 20. The Labute approximate surface area is 257 Å². The average molecular weight is 591 g/mol. The smallest absolute Gasteiger partial charge is 0.339 e. The van der Waals surface area contributed by atoms with Gasteiger partial charge in [0.05, 0.1) is 12.7 Å². The summed E-state index contributed by atoms with van der Waals surface area (Å²) in [6, 6.07) is 2.61. The molecule has 0 aliphatic heterocycles. The van der Waals surface area contributed by atoms with Gasteiger partial charge in [0.25, 0.3) is 0 Å². The molecule has 2 N–H and O–H groups in total. The van der Waals surface area contributed by atoms with Crippen LogP contribution in [-0.2, 0) is 0 Å². The number of rotatable bonds is 29. The van der Waals surface area contributed by atoms with Gasteiger partial charge in [0.2, 0.25) is 0 Å². The van der Waals surface area contributed by atoms with Crippen LogP contribution in [0.4, 0.5) is 0 Å². The van der Waals surface area contributed by atoms with Crippen LogP contribution in [0.2, 0.25) is 0 Å². The second kappa shape index (κ2) is 25.3. The predicted molar refractivity (Wildman–Crippen MR) is 173 cm³/mol. The summed E-state index contributed by atoms with van der Waals surface area (Å²) in [6.45, 7) is 6.68. The minimum atomic E-state index is -1.15. The van der Waals surface area contributed by atoms with Crippen molar-refractivity contribution in [3.8, 4) is 11.5 Å². The first-order valence-corrected chi connectivity index (χ1v) is 17.3. The second-order valence-corrected chi connectivity index (χ2v) is 12.1. The third kappa shape index (κ3) is 18.3. The number of hydrogen-bond acceptors (Lipinski definition) is 4. The van der Waals surface area contributed by atoms with Crippen molar-refractivity contribution in [1.82, 2.24) is 0 Å². The van der Waals surface area contributed by atoms with Crippen molar-refractivity contribution < 1.29 is 29.3 Å². The van der Waals surface area contributed by atoms with E-state index in [0.717, 1.165) is 51.4 Å². The molecule has 0 fully saturated rings. The van der Waals surface area contributed by atoms with Crippen molar-refractivity contribution in [2.45, 2.75) is 175 Å². The fourth-order valence-electron chi connectivity index (χ4n) is 5.43. The Morgan fingerprint density at radius 3 is 1.36 bits per heavy atom. The van der Waals surface area contributed by atoms with Crippen molar-refractivity contribution in [3.05, 3.63) is 23.3 Å². The van der Waals surface area contributed by atoms with Crippen LogP contribution < -0.4 is 9.47 Å². The SMILES string of the molecule is CCCCCCCCCCCCCCCCCCCCOc1cc(C(=O)O)c(O[C@@H](C)CCCCCC)cc1C(=O)O. The van der Waals surface area contributed by atoms with Gasteiger partial charge in [0.15, 0.2) is 0 Å². The first-order valence-electron chi connectivity index (χ1n) is 17.3. The first-order chi connectivity index (χ1) is 20.4. The Morgan fingerprint density at radius 2 is 0.929 bits per heavy atom. The van der Waals surface area contributed by atoms with Crippen molar-refractivity contribution in [2.24, 2.45) is 0 Å². The zero-order valence-corrected chi connectivity index (χ0v) is 27.2. The van der Waals surface area contributed by atoms with E-state index in [2.05, 4.69) is 13.8 Å². The van der Waals surface area contributed by atoms with Crippen LogP contribution >= 0.6 is 0 Å². The molecule has 0 amide bonds. The van der Waals surface area contributed by atoms with E-state index < -0.39 is 11.9 Å². The van der Waals surface area contributed by atoms with Gasteiger partial charge in [-0.15, -0.1) is 0 Å². The highest BCUT2D eigenvalue weighted by Gasteiger charge is 2.22. The zero-order valence-electron chi connectivity index (χ0n) is 27.2. The second-order valence-electron chi connectivity index (χ2n) is 12.1. The Kier molecular flexibility index (Phi) is 22.7. The van der Waals surface area contributed by atoms with Crippen molar-refractivity contribution in [1.29, 1.82) is 0 Å². The highest BCUT2D eigenvalue weighted by atomic mass is 16.5. The van der Waals surface area contributed by atoms with E-state index in [-0.39, 0.29) is 28.7 Å². The van der Waals surface area contributed by atoms with Crippen LogP contribution in [0.3, 0.4) is 0 Å². The maximum Gasteiger partial charge on any atom is 0.339 e. The van der Waals surface area contributed by atoms with Crippen LogP contribution in [0.15, 0.2) is 12.1 Å². The Bertz CT molecular complexity index is 836. The lowest BCUT2D eigenvalue weighted by atomic mass is 10.0. The highest BCUT2D eigenvalue weighted by Crippen LogP contribution is 2.31. The van der Waals surface area contributed by atoms with Crippen molar-refractivity contribution in [2.75, 3.05) is 6.61 Å². The predicted octanol–water partition coefficient (Wildman–Crippen LogP) is 11.2. The molecule has 1 rings (SSSR count). The molecule has 0 unspecified atom stereocenters. The largest absolute Gasteiger partial charge is 0.493 e. The lowest BCUT2D eigenvalue weighted by Gasteiger charge is -2.18. The minimum absolute atomic E-state index is 0.0596. The van der Waals surface area contributed by atoms with E-state index in [9.17, 15) is 19.8 Å². The minimum Gasteiger partial charge on any atom is -0.493 e. The molecule has 0 saturated carbocycles. The molecule has 1 aromatic carbocycles. The van der Waals surface area contributed by atoms with E-state index >= 15 is 0 Å². The molecular formula is C36H62O6. The van der Waals surface area contributed by atoms with Gasteiger partial charge in [0.1, 0.15) is 22.6 Å². The van der Waals surface area contributed by atoms with Crippen LogP contribution in [0, 0.1) is 0 Å². The molecule has 0 aliphatic rings. The molecule has 0 radical (unpaired) electrons. The topological polar surface area (TPSA) is 93.1 Å². The number of carboxylic acids is 2. The van der Waals surface area contributed by atoms with Gasteiger partial charge < -0.3 is 19.7 Å². The third-order valence-corrected chi connectivity index (χ3v) is 8.09. The standard InChI is InChI=1S/C36H62O6/c1-4-6-8-10-11-12-13-14-15-16-17-18-19-20-21-22-23-25-27-41-33-28-32(36(39)40)34(29-31(33)35(37)38)42-30(3)26-24-9-7-5-2/h28-30H,4-27H2,1-3H3,(H,37,38)(H,39,40)/t30-/m0/s1. The van der Waals surface area contributed by atoms with Gasteiger partial charge in [-0.05, 0) is 38.3 Å². The number of carboxylic acid groups (broad SMARTS) is 2. The number of ether oxygens (including phenoxy) is 2. The number of hydrogen-bond donors (Lipinski definition) is 2. The molecule has 0 bridgehead atoms. The van der Waals surface area contributed by atoms with Crippen LogP contribution in [-0.4, -0.2) is 34.9 Å². The van der Waals surface area contributed by atoms with Crippen molar-refractivity contribution >= 4 is 11.9 Å². The first kappa shape index (κ1) is 37.8. The number of benzene rings is 1. The molecule has 242 valence electrons. The lowest BCUT2D eigenvalue weighted by molar-refractivity contribution is 0.0669. The number of carbonyl (C=O) groups is 2. The van der Waals surface area contributed by atoms with Gasteiger partial charge >= 0.3 is 11.9 Å². The fraction of sp³-hybridized carbons (Fsp3) is 0.778. The summed E-state index contributed by atoms with van der Waals surface area (Å²) in [4.78, 5) is 23.8. The molecule has 0 heterocycles. The van der Waals surface area contributed by atoms with Crippen molar-refractivity contribution in [3.63, 3.8) is 0 Å². The zero-order chi connectivity index (χ0) is 30.8. The quantitative estimate of drug-likeness (QED) is 0.0901. The maximum atomic E-state index is 11.9. The molecular weight excluding hydrogens is 528 g/mol. The summed E-state index contributed by atoms with van der Waals surface area (Å²) in [6.07, 6.45) is 28.4. The van der Waals surface area contributed by atoms with E-state index in [4.69, 9.17) is 9.47 Å². The number of aromatic carboxylic acids is 2. The average Bonchev–Trinajstić information content (AvgIpc) is 2.96. The summed E-state index contributed by atoms with van der Waals surface area (Å²) in [5.41, 5.74) is -0.121. The Balaban J connectivity index is 2.24. The third-order valence-electron chi connectivity index (χ3n) is 8.09. The molecule has 42 heavy (non-hydrogen) atoms. The van der Waals surface area contributed by atoms with E-state index in [1.807, 2.05) is 6.92 Å². The van der Waals surface area contributed by atoms with Gasteiger partial charge in [-0.2, -0.15) is 0 Å². The molecule has 1 atom stereocenters. The normalized spacial score (nSPS) is 11.9. The molecule has 1 aromatic rings. The maximum absolute atomic E-state index is 11.9. The molecule has 0 aromatic heterocycles. The van der Waals surface area contributed by atoms with Gasteiger partial charge in [-0.3, -0.25) is 0 Å². The van der Waals surface area contributed by atoms with Crippen LogP contribution in [0.25, 0.3) is 0 Å². The summed E-state index contributed by atoms with van der Waals surface area (Å²) >= 11 is 0. The summed E-state index contributed by atoms with van der Waals surface area (Å²) < 4.78 is 11.6. The van der Waals surface area contributed by atoms with E-state index in [1.165, 1.54) is 108 Å². The molecule has 0 saturated heterocycles. The van der Waals surface area contributed by atoms with Crippen LogP contribution in [0.1, 0.15) is 189 Å². The fourth-order valence-corrected chi connectivity index (χ4v) is 5.43. The van der Waals surface area contributed by atoms with Gasteiger partial charge in [-0.1, -0.05) is 142 Å². The van der Waals surface area contributed by atoms with E-state index in [0.29, 0.717) is 6.61 Å². The lowest BCUT2D eigenvalue weighted by Crippen LogP contribution is -2.15. The molecule has 0 spiro atoms. The molecule has 0 aliphatic carbocycles.